The molecule has 1 fully saturated rings. The van der Waals surface area contributed by atoms with Crippen LogP contribution in [-0.2, 0) is 0 Å². The van der Waals surface area contributed by atoms with E-state index in [1.165, 1.54) is 6.33 Å². The summed E-state index contributed by atoms with van der Waals surface area (Å²) in [5, 5.41) is 14.8. The Balaban J connectivity index is 1.67. The van der Waals surface area contributed by atoms with Crippen molar-refractivity contribution >= 4 is 23.0 Å². The third-order valence-corrected chi connectivity index (χ3v) is 4.58. The van der Waals surface area contributed by atoms with Crippen LogP contribution in [-0.4, -0.2) is 34.8 Å². The Morgan fingerprint density at radius 3 is 2.96 bits per heavy atom. The molecule has 2 aromatic rings. The molecule has 0 bridgehead atoms. The molecule has 1 saturated heterocycles. The second-order valence-corrected chi connectivity index (χ2v) is 6.54. The maximum atomic E-state index is 11.8. The molecule has 1 unspecified atom stereocenters. The van der Waals surface area contributed by atoms with Gasteiger partial charge in [-0.3, -0.25) is 10.1 Å². The van der Waals surface area contributed by atoms with Crippen molar-refractivity contribution in [2.75, 3.05) is 30.1 Å². The minimum Gasteiger partial charge on any atom is -0.454 e. The molecule has 0 amide bonds. The van der Waals surface area contributed by atoms with Gasteiger partial charge < -0.3 is 19.7 Å². The van der Waals surface area contributed by atoms with Crippen molar-refractivity contribution in [2.24, 2.45) is 5.92 Å². The average molecular weight is 357 g/mol. The summed E-state index contributed by atoms with van der Waals surface area (Å²) >= 11 is 0. The van der Waals surface area contributed by atoms with Crippen molar-refractivity contribution < 1.29 is 14.4 Å². The summed E-state index contributed by atoms with van der Waals surface area (Å²) in [6.07, 6.45) is 3.47. The average Bonchev–Trinajstić information content (AvgIpc) is 3.09. The van der Waals surface area contributed by atoms with Gasteiger partial charge in [0.25, 0.3) is 0 Å². The number of nitro groups is 1. The number of anilines is 3. The van der Waals surface area contributed by atoms with E-state index in [-0.39, 0.29) is 18.3 Å². The molecule has 0 spiro atoms. The number of rotatable bonds is 4. The predicted molar refractivity (Wildman–Crippen MR) is 95.1 cm³/mol. The number of nitrogens with one attached hydrogen (secondary N) is 1. The van der Waals surface area contributed by atoms with E-state index in [0.29, 0.717) is 28.9 Å². The van der Waals surface area contributed by atoms with E-state index in [9.17, 15) is 10.1 Å². The fourth-order valence-corrected chi connectivity index (χ4v) is 3.35. The molecule has 26 heavy (non-hydrogen) atoms. The number of hydrogen-bond acceptors (Lipinski definition) is 8. The number of aromatic nitrogens is 2. The maximum absolute atomic E-state index is 11.8. The summed E-state index contributed by atoms with van der Waals surface area (Å²) in [6.45, 7) is 3.82. The standard InChI is InChI=1S/C17H19N5O4/c1-11-3-2-6-21(8-11)17-15(22(23)24)16(18-9-19-17)20-12-4-5-13-14(7-12)26-10-25-13/h4-5,7,9,11H,2-3,6,8,10H2,1H3,(H,18,19,20). The molecule has 2 aliphatic heterocycles. The highest BCUT2D eigenvalue weighted by molar-refractivity contribution is 5.75. The lowest BCUT2D eigenvalue weighted by atomic mass is 10.0. The Morgan fingerprint density at radius 2 is 2.15 bits per heavy atom. The van der Waals surface area contributed by atoms with Crippen LogP contribution < -0.4 is 19.7 Å². The van der Waals surface area contributed by atoms with Gasteiger partial charge in [-0.25, -0.2) is 9.97 Å². The first-order chi connectivity index (χ1) is 12.6. The lowest BCUT2D eigenvalue weighted by molar-refractivity contribution is -0.383. The molecule has 3 heterocycles. The first-order valence-corrected chi connectivity index (χ1v) is 8.53. The first-order valence-electron chi connectivity index (χ1n) is 8.53. The number of fused-ring (bicyclic) bond motifs is 1. The van der Waals surface area contributed by atoms with E-state index in [0.717, 1.165) is 25.9 Å². The molecule has 2 aliphatic rings. The van der Waals surface area contributed by atoms with Gasteiger partial charge in [0, 0.05) is 24.8 Å². The molecule has 9 nitrogen and oxygen atoms in total. The number of ether oxygens (including phenoxy) is 2. The Labute approximate surface area is 150 Å². The van der Waals surface area contributed by atoms with Gasteiger partial charge in [-0.15, -0.1) is 0 Å². The van der Waals surface area contributed by atoms with Gasteiger partial charge in [0.05, 0.1) is 4.92 Å². The molecule has 136 valence electrons. The lowest BCUT2D eigenvalue weighted by Gasteiger charge is -2.31. The van der Waals surface area contributed by atoms with Crippen molar-refractivity contribution in [1.29, 1.82) is 0 Å². The van der Waals surface area contributed by atoms with Crippen LogP contribution in [0.15, 0.2) is 24.5 Å². The Kier molecular flexibility index (Phi) is 4.19. The monoisotopic (exact) mass is 357 g/mol. The highest BCUT2D eigenvalue weighted by Crippen LogP contribution is 2.38. The molecule has 1 aromatic carbocycles. The van der Waals surface area contributed by atoms with E-state index in [1.807, 2.05) is 4.90 Å². The molecular formula is C17H19N5O4. The van der Waals surface area contributed by atoms with Crippen LogP contribution in [0.1, 0.15) is 19.8 Å². The van der Waals surface area contributed by atoms with Gasteiger partial charge in [-0.1, -0.05) is 6.92 Å². The molecule has 0 aliphatic carbocycles. The van der Waals surface area contributed by atoms with Gasteiger partial charge in [-0.05, 0) is 30.9 Å². The van der Waals surface area contributed by atoms with Crippen LogP contribution in [0.2, 0.25) is 0 Å². The van der Waals surface area contributed by atoms with Gasteiger partial charge in [0.2, 0.25) is 18.4 Å². The van der Waals surface area contributed by atoms with E-state index >= 15 is 0 Å². The molecule has 9 heteroatoms. The Bertz CT molecular complexity index is 844. The van der Waals surface area contributed by atoms with Crippen LogP contribution in [0.4, 0.5) is 23.0 Å². The predicted octanol–water partition coefficient (Wildman–Crippen LogP) is 3.09. The number of nitrogens with zero attached hydrogens (tertiary/aromatic N) is 4. The zero-order chi connectivity index (χ0) is 18.1. The zero-order valence-electron chi connectivity index (χ0n) is 14.3. The van der Waals surface area contributed by atoms with Crippen molar-refractivity contribution in [3.05, 3.63) is 34.6 Å². The number of piperidine rings is 1. The summed E-state index contributed by atoms with van der Waals surface area (Å²) in [4.78, 5) is 21.6. The van der Waals surface area contributed by atoms with Crippen molar-refractivity contribution in [1.82, 2.24) is 9.97 Å². The summed E-state index contributed by atoms with van der Waals surface area (Å²) in [5.41, 5.74) is 0.522. The first kappa shape index (κ1) is 16.4. The fourth-order valence-electron chi connectivity index (χ4n) is 3.35. The van der Waals surface area contributed by atoms with Gasteiger partial charge >= 0.3 is 5.69 Å². The highest BCUT2D eigenvalue weighted by atomic mass is 16.7. The van der Waals surface area contributed by atoms with Gasteiger partial charge in [0.1, 0.15) is 6.33 Å². The molecule has 0 saturated carbocycles. The second-order valence-electron chi connectivity index (χ2n) is 6.54. The zero-order valence-corrected chi connectivity index (χ0v) is 14.3. The fraction of sp³-hybridized carbons (Fsp3) is 0.412. The quantitative estimate of drug-likeness (QED) is 0.658. The summed E-state index contributed by atoms with van der Waals surface area (Å²) in [5.74, 6) is 2.24. The summed E-state index contributed by atoms with van der Waals surface area (Å²) in [7, 11) is 0. The van der Waals surface area contributed by atoms with Crippen LogP contribution in [0.3, 0.4) is 0 Å². The van der Waals surface area contributed by atoms with Crippen LogP contribution in [0.5, 0.6) is 11.5 Å². The highest BCUT2D eigenvalue weighted by Gasteiger charge is 2.29. The third kappa shape index (κ3) is 3.07. The largest absolute Gasteiger partial charge is 0.454 e. The smallest absolute Gasteiger partial charge is 0.353 e. The van der Waals surface area contributed by atoms with Crippen LogP contribution >= 0.6 is 0 Å². The SMILES string of the molecule is CC1CCCN(c2ncnc(Nc3ccc4c(c3)OCO4)c2[N+](=O)[O-])C1. The molecular weight excluding hydrogens is 338 g/mol. The van der Waals surface area contributed by atoms with Gasteiger partial charge in [0.15, 0.2) is 11.5 Å². The number of benzene rings is 1. The molecule has 1 atom stereocenters. The summed E-state index contributed by atoms with van der Waals surface area (Å²) < 4.78 is 10.6. The molecule has 4 rings (SSSR count). The van der Waals surface area contributed by atoms with E-state index in [2.05, 4.69) is 22.2 Å². The van der Waals surface area contributed by atoms with Crippen molar-refractivity contribution in [3.8, 4) is 11.5 Å². The van der Waals surface area contributed by atoms with Crippen LogP contribution in [0, 0.1) is 16.0 Å². The Morgan fingerprint density at radius 1 is 1.31 bits per heavy atom. The minimum atomic E-state index is -0.427. The summed E-state index contributed by atoms with van der Waals surface area (Å²) in [6, 6.07) is 5.25. The maximum Gasteiger partial charge on any atom is 0.353 e. The van der Waals surface area contributed by atoms with Gasteiger partial charge in [-0.2, -0.15) is 0 Å². The van der Waals surface area contributed by atoms with E-state index in [1.54, 1.807) is 18.2 Å². The van der Waals surface area contributed by atoms with Crippen molar-refractivity contribution in [3.63, 3.8) is 0 Å². The number of hydrogen-bond donors (Lipinski definition) is 1. The third-order valence-electron chi connectivity index (χ3n) is 4.58. The second kappa shape index (κ2) is 6.66. The minimum absolute atomic E-state index is 0.112. The van der Waals surface area contributed by atoms with Crippen LogP contribution in [0.25, 0.3) is 0 Å². The molecule has 0 radical (unpaired) electrons. The molecule has 1 N–H and O–H groups in total. The topological polar surface area (TPSA) is 103 Å². The van der Waals surface area contributed by atoms with E-state index < -0.39 is 4.92 Å². The molecule has 1 aromatic heterocycles. The van der Waals surface area contributed by atoms with Crippen molar-refractivity contribution in [2.45, 2.75) is 19.8 Å². The normalized spacial score (nSPS) is 18.7. The lowest BCUT2D eigenvalue weighted by Crippen LogP contribution is -2.35. The van der Waals surface area contributed by atoms with E-state index in [4.69, 9.17) is 9.47 Å². The Hall–Kier alpha value is -3.10.